The summed E-state index contributed by atoms with van der Waals surface area (Å²) in [4.78, 5) is 2.49. The Kier molecular flexibility index (Phi) is 5.75. The van der Waals surface area contributed by atoms with E-state index in [1.165, 1.54) is 51.5 Å². The van der Waals surface area contributed by atoms with Crippen molar-refractivity contribution in [1.82, 2.24) is 10.2 Å². The third-order valence-corrected chi connectivity index (χ3v) is 4.24. The van der Waals surface area contributed by atoms with E-state index in [0.29, 0.717) is 6.10 Å². The molecule has 1 unspecified atom stereocenters. The number of rotatable bonds is 6. The molecule has 2 aliphatic rings. The van der Waals surface area contributed by atoms with Gasteiger partial charge in [-0.1, -0.05) is 19.3 Å². The first-order valence-electron chi connectivity index (χ1n) is 7.39. The van der Waals surface area contributed by atoms with Crippen LogP contribution in [0.25, 0.3) is 0 Å². The van der Waals surface area contributed by atoms with Gasteiger partial charge in [0.1, 0.15) is 0 Å². The Balaban J connectivity index is 1.47. The lowest BCUT2D eigenvalue weighted by Crippen LogP contribution is -2.43. The highest BCUT2D eigenvalue weighted by Gasteiger charge is 2.18. The number of likely N-dealkylation sites (tertiary alicyclic amines) is 1. The molecule has 1 atom stereocenters. The Bertz CT molecular complexity index is 204. The van der Waals surface area contributed by atoms with Gasteiger partial charge in [0.25, 0.3) is 0 Å². The number of likely N-dealkylation sites (N-methyl/N-ethyl adjacent to an activating group) is 1. The number of nitrogens with one attached hydrogen (secondary N) is 1. The Morgan fingerprint density at radius 2 is 1.88 bits per heavy atom. The van der Waals surface area contributed by atoms with Gasteiger partial charge < -0.3 is 15.0 Å². The van der Waals surface area contributed by atoms with Crippen LogP contribution in [0.15, 0.2) is 0 Å². The third-order valence-electron chi connectivity index (χ3n) is 4.24. The van der Waals surface area contributed by atoms with Gasteiger partial charge in [-0.3, -0.25) is 0 Å². The zero-order chi connectivity index (χ0) is 11.9. The maximum Gasteiger partial charge on any atom is 0.0594 e. The molecule has 1 saturated heterocycles. The van der Waals surface area contributed by atoms with E-state index in [0.717, 1.165) is 25.7 Å². The fraction of sp³-hybridized carbons (Fsp3) is 1.00. The van der Waals surface area contributed by atoms with Crippen LogP contribution in [-0.2, 0) is 4.74 Å². The predicted molar refractivity (Wildman–Crippen MR) is 71.3 cm³/mol. The predicted octanol–water partition coefficient (Wildman–Crippen LogP) is 2.02. The van der Waals surface area contributed by atoms with Crippen LogP contribution in [0.1, 0.15) is 44.9 Å². The molecular weight excluding hydrogens is 212 g/mol. The maximum atomic E-state index is 5.84. The molecule has 0 aromatic heterocycles. The molecule has 3 heteroatoms. The van der Waals surface area contributed by atoms with Crippen molar-refractivity contribution in [3.05, 3.63) is 0 Å². The second kappa shape index (κ2) is 7.34. The van der Waals surface area contributed by atoms with Crippen LogP contribution in [0.4, 0.5) is 0 Å². The molecule has 3 nitrogen and oxygen atoms in total. The average Bonchev–Trinajstić information content (AvgIpc) is 2.84. The van der Waals surface area contributed by atoms with Crippen LogP contribution in [0.5, 0.6) is 0 Å². The van der Waals surface area contributed by atoms with Crippen LogP contribution in [0.2, 0.25) is 0 Å². The normalized spacial score (nSPS) is 27.7. The summed E-state index contributed by atoms with van der Waals surface area (Å²) in [6.07, 6.45) is 9.99. The van der Waals surface area contributed by atoms with Gasteiger partial charge in [-0.05, 0) is 39.3 Å². The van der Waals surface area contributed by atoms with E-state index in [2.05, 4.69) is 17.3 Å². The molecule has 2 fully saturated rings. The molecule has 0 aromatic rings. The first-order chi connectivity index (χ1) is 8.36. The van der Waals surface area contributed by atoms with E-state index >= 15 is 0 Å². The summed E-state index contributed by atoms with van der Waals surface area (Å²) in [6, 6.07) is 0.746. The number of piperidine rings is 1. The topological polar surface area (TPSA) is 24.5 Å². The van der Waals surface area contributed by atoms with Crippen LogP contribution in [-0.4, -0.2) is 50.3 Å². The number of hydrogen-bond acceptors (Lipinski definition) is 3. The molecule has 0 aromatic carbocycles. The maximum absolute atomic E-state index is 5.84. The summed E-state index contributed by atoms with van der Waals surface area (Å²) in [5.41, 5.74) is 0. The Hall–Kier alpha value is -0.120. The second-order valence-corrected chi connectivity index (χ2v) is 5.61. The van der Waals surface area contributed by atoms with Crippen LogP contribution < -0.4 is 5.32 Å². The van der Waals surface area contributed by atoms with Crippen molar-refractivity contribution in [3.8, 4) is 0 Å². The highest BCUT2D eigenvalue weighted by molar-refractivity contribution is 4.76. The summed E-state index contributed by atoms with van der Waals surface area (Å²) in [7, 11) is 2.25. The van der Waals surface area contributed by atoms with E-state index in [4.69, 9.17) is 4.74 Å². The van der Waals surface area contributed by atoms with E-state index in [9.17, 15) is 0 Å². The zero-order valence-corrected chi connectivity index (χ0v) is 11.3. The Morgan fingerprint density at radius 3 is 2.65 bits per heavy atom. The van der Waals surface area contributed by atoms with Crippen LogP contribution >= 0.6 is 0 Å². The fourth-order valence-corrected chi connectivity index (χ4v) is 3.02. The average molecular weight is 240 g/mol. The fourth-order valence-electron chi connectivity index (χ4n) is 3.02. The zero-order valence-electron chi connectivity index (χ0n) is 11.3. The second-order valence-electron chi connectivity index (χ2n) is 5.61. The standard InChI is InChI=1S/C14H28N2O/c1-16-10-5-4-6-13(16)12-15-9-11-17-14-7-2-3-8-14/h13-15H,2-12H2,1H3. The third kappa shape index (κ3) is 4.57. The van der Waals surface area contributed by atoms with E-state index in [1.807, 2.05) is 0 Å². The van der Waals surface area contributed by atoms with E-state index < -0.39 is 0 Å². The van der Waals surface area contributed by atoms with Crippen molar-refractivity contribution in [2.45, 2.75) is 57.1 Å². The van der Waals surface area contributed by atoms with Gasteiger partial charge in [0.05, 0.1) is 12.7 Å². The molecule has 0 bridgehead atoms. The lowest BCUT2D eigenvalue weighted by Gasteiger charge is -2.32. The van der Waals surface area contributed by atoms with Crippen molar-refractivity contribution in [1.29, 1.82) is 0 Å². The first-order valence-corrected chi connectivity index (χ1v) is 7.39. The van der Waals surface area contributed by atoms with Gasteiger partial charge in [-0.15, -0.1) is 0 Å². The summed E-state index contributed by atoms with van der Waals surface area (Å²) in [5.74, 6) is 0. The summed E-state index contributed by atoms with van der Waals surface area (Å²) in [5, 5.41) is 3.54. The van der Waals surface area contributed by atoms with Gasteiger partial charge in [-0.25, -0.2) is 0 Å². The van der Waals surface area contributed by atoms with Gasteiger partial charge in [-0.2, -0.15) is 0 Å². The molecule has 100 valence electrons. The van der Waals surface area contributed by atoms with Crippen molar-refractivity contribution in [3.63, 3.8) is 0 Å². The largest absolute Gasteiger partial charge is 0.377 e. The molecular formula is C14H28N2O. The van der Waals surface area contributed by atoms with E-state index in [1.54, 1.807) is 0 Å². The van der Waals surface area contributed by atoms with Gasteiger partial charge in [0.2, 0.25) is 0 Å². The highest BCUT2D eigenvalue weighted by Crippen LogP contribution is 2.20. The smallest absolute Gasteiger partial charge is 0.0594 e. The minimum atomic E-state index is 0.564. The van der Waals surface area contributed by atoms with Crippen LogP contribution in [0.3, 0.4) is 0 Å². The lowest BCUT2D eigenvalue weighted by molar-refractivity contribution is 0.0590. The minimum absolute atomic E-state index is 0.564. The number of ether oxygens (including phenoxy) is 1. The molecule has 2 rings (SSSR count). The Labute approximate surface area is 106 Å². The number of nitrogens with zero attached hydrogens (tertiary/aromatic N) is 1. The molecule has 0 spiro atoms. The summed E-state index contributed by atoms with van der Waals surface area (Å²) in [6.45, 7) is 4.30. The minimum Gasteiger partial charge on any atom is -0.377 e. The SMILES string of the molecule is CN1CCCCC1CNCCOC1CCCC1. The molecule has 1 aliphatic carbocycles. The Morgan fingerprint density at radius 1 is 1.12 bits per heavy atom. The van der Waals surface area contributed by atoms with Crippen molar-refractivity contribution in [2.75, 3.05) is 33.3 Å². The lowest BCUT2D eigenvalue weighted by atomic mass is 10.0. The summed E-state index contributed by atoms with van der Waals surface area (Å²) >= 11 is 0. The molecule has 0 radical (unpaired) electrons. The number of hydrogen-bond donors (Lipinski definition) is 1. The van der Waals surface area contributed by atoms with Crippen molar-refractivity contribution < 1.29 is 4.74 Å². The molecule has 17 heavy (non-hydrogen) atoms. The molecule has 1 aliphatic heterocycles. The van der Waals surface area contributed by atoms with Crippen LogP contribution in [0, 0.1) is 0 Å². The van der Waals surface area contributed by atoms with Crippen molar-refractivity contribution in [2.24, 2.45) is 0 Å². The van der Waals surface area contributed by atoms with Gasteiger partial charge in [0, 0.05) is 19.1 Å². The molecule has 1 saturated carbocycles. The van der Waals surface area contributed by atoms with E-state index in [-0.39, 0.29) is 0 Å². The van der Waals surface area contributed by atoms with Gasteiger partial charge >= 0.3 is 0 Å². The quantitative estimate of drug-likeness (QED) is 0.719. The monoisotopic (exact) mass is 240 g/mol. The van der Waals surface area contributed by atoms with Crippen molar-refractivity contribution >= 4 is 0 Å². The molecule has 0 amide bonds. The summed E-state index contributed by atoms with van der Waals surface area (Å²) < 4.78 is 5.84. The van der Waals surface area contributed by atoms with Gasteiger partial charge in [0.15, 0.2) is 0 Å². The molecule has 1 N–H and O–H groups in total. The first kappa shape index (κ1) is 13.3. The molecule has 1 heterocycles. The highest BCUT2D eigenvalue weighted by atomic mass is 16.5.